The lowest BCUT2D eigenvalue weighted by Crippen LogP contribution is -2.23. The Bertz CT molecular complexity index is 1180. The summed E-state index contributed by atoms with van der Waals surface area (Å²) < 4.78 is 2.12. The van der Waals surface area contributed by atoms with Crippen LogP contribution < -0.4 is 5.32 Å². The number of imidazole rings is 1. The van der Waals surface area contributed by atoms with E-state index in [1.54, 1.807) is 0 Å². The average Bonchev–Trinajstić information content (AvgIpc) is 3.15. The van der Waals surface area contributed by atoms with E-state index in [1.807, 2.05) is 36.4 Å². The van der Waals surface area contributed by atoms with Gasteiger partial charge in [-0.05, 0) is 36.6 Å². The smallest absolute Gasteiger partial charge is 0.158 e. The van der Waals surface area contributed by atoms with E-state index in [2.05, 4.69) is 40.1 Å². The number of fused-ring (bicyclic) bond motifs is 3. The van der Waals surface area contributed by atoms with E-state index in [0.29, 0.717) is 11.6 Å². The van der Waals surface area contributed by atoms with Gasteiger partial charge in [0.15, 0.2) is 5.65 Å². The SMILES string of the molecule is N#Cc1c(-c2ccccc2)cc(NC2CCCCC2)n2c1nc1ccccc12. The molecule has 0 atom stereocenters. The fraction of sp³-hybridized carbons (Fsp3) is 0.250. The van der Waals surface area contributed by atoms with Crippen molar-refractivity contribution in [3.8, 4) is 17.2 Å². The number of anilines is 1. The second kappa shape index (κ2) is 7.01. The zero-order valence-electron chi connectivity index (χ0n) is 15.7. The Morgan fingerprint density at radius 3 is 2.50 bits per heavy atom. The maximum atomic E-state index is 9.99. The van der Waals surface area contributed by atoms with Crippen LogP contribution >= 0.6 is 0 Å². The van der Waals surface area contributed by atoms with E-state index >= 15 is 0 Å². The minimum Gasteiger partial charge on any atom is -0.368 e. The highest BCUT2D eigenvalue weighted by molar-refractivity contribution is 5.89. The zero-order chi connectivity index (χ0) is 18.9. The third kappa shape index (κ3) is 2.80. The molecule has 0 aliphatic heterocycles. The number of hydrogen-bond donors (Lipinski definition) is 1. The number of nitrogens with one attached hydrogen (secondary N) is 1. The van der Waals surface area contributed by atoms with Crippen LogP contribution in [0.25, 0.3) is 27.8 Å². The molecule has 1 N–H and O–H groups in total. The van der Waals surface area contributed by atoms with Crippen LogP contribution in [-0.2, 0) is 0 Å². The lowest BCUT2D eigenvalue weighted by Gasteiger charge is -2.25. The first-order valence-electron chi connectivity index (χ1n) is 10.0. The quantitative estimate of drug-likeness (QED) is 0.501. The van der Waals surface area contributed by atoms with Crippen molar-refractivity contribution >= 4 is 22.5 Å². The van der Waals surface area contributed by atoms with Crippen molar-refractivity contribution in [1.29, 1.82) is 5.26 Å². The number of hydrogen-bond acceptors (Lipinski definition) is 3. The van der Waals surface area contributed by atoms with Crippen molar-refractivity contribution in [2.75, 3.05) is 5.32 Å². The van der Waals surface area contributed by atoms with Gasteiger partial charge < -0.3 is 5.32 Å². The van der Waals surface area contributed by atoms with Gasteiger partial charge in [0, 0.05) is 11.6 Å². The summed E-state index contributed by atoms with van der Waals surface area (Å²) in [6.07, 6.45) is 6.24. The molecular weight excluding hydrogens is 344 g/mol. The number of para-hydroxylation sites is 2. The summed E-state index contributed by atoms with van der Waals surface area (Å²) in [4.78, 5) is 4.83. The van der Waals surface area contributed by atoms with Gasteiger partial charge in [0.05, 0.1) is 11.0 Å². The maximum Gasteiger partial charge on any atom is 0.158 e. The molecule has 4 nitrogen and oxygen atoms in total. The summed E-state index contributed by atoms with van der Waals surface area (Å²) in [5.41, 5.74) is 5.27. The second-order valence-electron chi connectivity index (χ2n) is 7.53. The van der Waals surface area contributed by atoms with Gasteiger partial charge in [0.25, 0.3) is 0 Å². The standard InChI is InChI=1S/C24H22N4/c25-16-20-19(17-9-3-1-4-10-17)15-23(26-18-11-5-2-6-12-18)28-22-14-8-7-13-21(22)27-24(20)28/h1,3-4,7-10,13-15,18,26H,2,5-6,11-12H2. The second-order valence-corrected chi connectivity index (χ2v) is 7.53. The molecular formula is C24H22N4. The summed E-state index contributed by atoms with van der Waals surface area (Å²) >= 11 is 0. The fourth-order valence-electron chi connectivity index (χ4n) is 4.35. The predicted octanol–water partition coefficient (Wildman–Crippen LogP) is 5.77. The van der Waals surface area contributed by atoms with Crippen molar-refractivity contribution < 1.29 is 0 Å². The molecule has 1 saturated carbocycles. The van der Waals surface area contributed by atoms with Gasteiger partial charge in [-0.25, -0.2) is 4.98 Å². The van der Waals surface area contributed by atoms with Crippen LogP contribution in [0.3, 0.4) is 0 Å². The lowest BCUT2D eigenvalue weighted by atomic mass is 9.95. The maximum absolute atomic E-state index is 9.99. The molecule has 0 amide bonds. The number of rotatable bonds is 3. The number of pyridine rings is 1. The van der Waals surface area contributed by atoms with Crippen LogP contribution in [0.1, 0.15) is 37.7 Å². The van der Waals surface area contributed by atoms with E-state index < -0.39 is 0 Å². The topological polar surface area (TPSA) is 53.1 Å². The number of benzene rings is 2. The van der Waals surface area contributed by atoms with E-state index in [4.69, 9.17) is 4.98 Å². The molecule has 0 saturated heterocycles. The Kier molecular flexibility index (Phi) is 4.21. The van der Waals surface area contributed by atoms with E-state index in [0.717, 1.165) is 33.6 Å². The highest BCUT2D eigenvalue weighted by atomic mass is 15.1. The van der Waals surface area contributed by atoms with Crippen LogP contribution in [-0.4, -0.2) is 15.4 Å². The molecule has 0 radical (unpaired) electrons. The van der Waals surface area contributed by atoms with E-state index in [-0.39, 0.29) is 0 Å². The largest absolute Gasteiger partial charge is 0.368 e. The van der Waals surface area contributed by atoms with Crippen molar-refractivity contribution in [1.82, 2.24) is 9.38 Å². The van der Waals surface area contributed by atoms with Gasteiger partial charge in [-0.2, -0.15) is 5.26 Å². The number of nitrogens with zero attached hydrogens (tertiary/aromatic N) is 3. The minimum atomic E-state index is 0.467. The minimum absolute atomic E-state index is 0.467. The Balaban J connectivity index is 1.79. The molecule has 4 heteroatoms. The predicted molar refractivity (Wildman–Crippen MR) is 113 cm³/mol. The molecule has 0 bridgehead atoms. The summed E-state index contributed by atoms with van der Waals surface area (Å²) in [7, 11) is 0. The van der Waals surface area contributed by atoms with Gasteiger partial charge in [0.1, 0.15) is 17.5 Å². The number of aromatic nitrogens is 2. The van der Waals surface area contributed by atoms with Crippen molar-refractivity contribution in [2.24, 2.45) is 0 Å². The van der Waals surface area contributed by atoms with Crippen LogP contribution in [0.4, 0.5) is 5.82 Å². The first kappa shape index (κ1) is 16.8. The monoisotopic (exact) mass is 366 g/mol. The first-order valence-corrected chi connectivity index (χ1v) is 10.0. The van der Waals surface area contributed by atoms with Crippen LogP contribution in [0.15, 0.2) is 60.7 Å². The number of nitriles is 1. The Labute approximate surface area is 164 Å². The summed E-state index contributed by atoms with van der Waals surface area (Å²) in [6, 6.07) is 23.2. The molecule has 138 valence electrons. The molecule has 0 spiro atoms. The highest BCUT2D eigenvalue weighted by Crippen LogP contribution is 2.34. The fourth-order valence-corrected chi connectivity index (χ4v) is 4.35. The van der Waals surface area contributed by atoms with Gasteiger partial charge in [-0.1, -0.05) is 61.7 Å². The molecule has 2 aromatic heterocycles. The third-order valence-corrected chi connectivity index (χ3v) is 5.73. The molecule has 1 fully saturated rings. The van der Waals surface area contributed by atoms with Crippen LogP contribution in [0, 0.1) is 11.3 Å². The van der Waals surface area contributed by atoms with E-state index in [1.165, 1.54) is 32.1 Å². The Hall–Kier alpha value is -3.32. The van der Waals surface area contributed by atoms with E-state index in [9.17, 15) is 5.26 Å². The average molecular weight is 366 g/mol. The molecule has 28 heavy (non-hydrogen) atoms. The molecule has 4 aromatic rings. The lowest BCUT2D eigenvalue weighted by molar-refractivity contribution is 0.461. The molecule has 0 unspecified atom stereocenters. The molecule has 1 aliphatic carbocycles. The summed E-state index contributed by atoms with van der Waals surface area (Å²) in [5.74, 6) is 1.02. The van der Waals surface area contributed by atoms with Crippen molar-refractivity contribution in [3.63, 3.8) is 0 Å². The van der Waals surface area contributed by atoms with Gasteiger partial charge in [-0.15, -0.1) is 0 Å². The van der Waals surface area contributed by atoms with Gasteiger partial charge >= 0.3 is 0 Å². The summed E-state index contributed by atoms with van der Waals surface area (Å²) in [5, 5.41) is 13.8. The molecule has 1 aliphatic rings. The van der Waals surface area contributed by atoms with Crippen LogP contribution in [0.2, 0.25) is 0 Å². The van der Waals surface area contributed by atoms with Crippen molar-refractivity contribution in [2.45, 2.75) is 38.1 Å². The normalized spacial score (nSPS) is 15.0. The Morgan fingerprint density at radius 2 is 1.71 bits per heavy atom. The van der Waals surface area contributed by atoms with Crippen LogP contribution in [0.5, 0.6) is 0 Å². The summed E-state index contributed by atoms with van der Waals surface area (Å²) in [6.45, 7) is 0. The Morgan fingerprint density at radius 1 is 0.964 bits per heavy atom. The van der Waals surface area contributed by atoms with Gasteiger partial charge in [-0.3, -0.25) is 4.40 Å². The highest BCUT2D eigenvalue weighted by Gasteiger charge is 2.20. The van der Waals surface area contributed by atoms with Crippen molar-refractivity contribution in [3.05, 3.63) is 66.2 Å². The zero-order valence-corrected chi connectivity index (χ0v) is 15.7. The first-order chi connectivity index (χ1) is 13.8. The van der Waals surface area contributed by atoms with Gasteiger partial charge in [0.2, 0.25) is 0 Å². The molecule has 2 heterocycles. The molecule has 2 aromatic carbocycles. The third-order valence-electron chi connectivity index (χ3n) is 5.73. The molecule has 5 rings (SSSR count).